The predicted molar refractivity (Wildman–Crippen MR) is 53.4 cm³/mol. The van der Waals surface area contributed by atoms with E-state index in [9.17, 15) is 0 Å². The van der Waals surface area contributed by atoms with Gasteiger partial charge in [0.1, 0.15) is 5.69 Å². The first-order chi connectivity index (χ1) is 6.85. The van der Waals surface area contributed by atoms with Crippen molar-refractivity contribution in [3.05, 3.63) is 29.5 Å². The summed E-state index contributed by atoms with van der Waals surface area (Å²) in [6.07, 6.45) is 0. The standard InChI is InChI=1S/C11H7N3/c1-2-3-10-9-5-4-8(7-12)6-11(9)14-13-10/h4-6H,1H3,(H,13,14). The Bertz CT molecular complexity index is 576. The maximum Gasteiger partial charge on any atom is 0.115 e. The third-order valence-electron chi connectivity index (χ3n) is 1.93. The Morgan fingerprint density at radius 3 is 3.00 bits per heavy atom. The molecular weight excluding hydrogens is 174 g/mol. The number of fused-ring (bicyclic) bond motifs is 1. The molecule has 0 amide bonds. The molecule has 3 nitrogen and oxygen atoms in total. The van der Waals surface area contributed by atoms with Crippen LogP contribution in [0.15, 0.2) is 18.2 Å². The SMILES string of the molecule is CC#Cc1[nH]nc2cc(C#N)ccc12. The quantitative estimate of drug-likeness (QED) is 0.630. The molecule has 0 spiro atoms. The molecule has 1 aromatic heterocycles. The normalized spacial score (nSPS) is 9.14. The molecular formula is C11H7N3. The summed E-state index contributed by atoms with van der Waals surface area (Å²) in [5.41, 5.74) is 2.19. The molecule has 66 valence electrons. The smallest absolute Gasteiger partial charge is 0.115 e. The molecule has 0 unspecified atom stereocenters. The number of nitrogens with one attached hydrogen (secondary N) is 1. The predicted octanol–water partition coefficient (Wildman–Crippen LogP) is 1.81. The second-order valence-corrected chi connectivity index (χ2v) is 2.82. The molecule has 0 bridgehead atoms. The maximum absolute atomic E-state index is 8.69. The minimum absolute atomic E-state index is 0.611. The molecule has 14 heavy (non-hydrogen) atoms. The highest BCUT2D eigenvalue weighted by atomic mass is 15.1. The number of nitriles is 1. The van der Waals surface area contributed by atoms with Gasteiger partial charge in [0.25, 0.3) is 0 Å². The van der Waals surface area contributed by atoms with Gasteiger partial charge in [-0.05, 0) is 31.0 Å². The Labute approximate surface area is 81.4 Å². The fraction of sp³-hybridized carbons (Fsp3) is 0.0909. The van der Waals surface area contributed by atoms with E-state index < -0.39 is 0 Å². The van der Waals surface area contributed by atoms with Gasteiger partial charge in [-0.25, -0.2) is 0 Å². The molecule has 2 aromatic rings. The van der Waals surface area contributed by atoms with Crippen molar-refractivity contribution in [2.45, 2.75) is 6.92 Å². The molecule has 0 aliphatic carbocycles. The third-order valence-corrected chi connectivity index (χ3v) is 1.93. The van der Waals surface area contributed by atoms with Gasteiger partial charge in [-0.15, -0.1) is 0 Å². The van der Waals surface area contributed by atoms with Gasteiger partial charge in [0.2, 0.25) is 0 Å². The van der Waals surface area contributed by atoms with E-state index in [2.05, 4.69) is 28.1 Å². The van der Waals surface area contributed by atoms with Gasteiger partial charge in [-0.2, -0.15) is 10.4 Å². The summed E-state index contributed by atoms with van der Waals surface area (Å²) in [4.78, 5) is 0. The zero-order valence-electron chi connectivity index (χ0n) is 7.63. The van der Waals surface area contributed by atoms with Crippen LogP contribution >= 0.6 is 0 Å². The molecule has 1 N–H and O–H groups in total. The highest BCUT2D eigenvalue weighted by molar-refractivity contribution is 5.84. The first kappa shape index (κ1) is 8.34. The van der Waals surface area contributed by atoms with E-state index in [0.29, 0.717) is 5.56 Å². The number of aromatic amines is 1. The van der Waals surface area contributed by atoms with Gasteiger partial charge >= 0.3 is 0 Å². The number of nitrogens with zero attached hydrogens (tertiary/aromatic N) is 2. The van der Waals surface area contributed by atoms with Gasteiger partial charge in [-0.3, -0.25) is 5.10 Å². The first-order valence-corrected chi connectivity index (χ1v) is 4.16. The molecule has 2 rings (SSSR count). The lowest BCUT2D eigenvalue weighted by molar-refractivity contribution is 1.10. The average Bonchev–Trinajstić information content (AvgIpc) is 2.61. The molecule has 1 heterocycles. The molecule has 0 atom stereocenters. The second kappa shape index (κ2) is 3.24. The van der Waals surface area contributed by atoms with Crippen molar-refractivity contribution < 1.29 is 0 Å². The van der Waals surface area contributed by atoms with Crippen molar-refractivity contribution in [3.63, 3.8) is 0 Å². The van der Waals surface area contributed by atoms with Gasteiger partial charge < -0.3 is 0 Å². The van der Waals surface area contributed by atoms with Crippen LogP contribution in [-0.2, 0) is 0 Å². The minimum atomic E-state index is 0.611. The number of hydrogen-bond donors (Lipinski definition) is 1. The topological polar surface area (TPSA) is 52.5 Å². The zero-order valence-corrected chi connectivity index (χ0v) is 7.63. The molecule has 3 heteroatoms. The monoisotopic (exact) mass is 181 g/mol. The summed E-state index contributed by atoms with van der Waals surface area (Å²) < 4.78 is 0. The fourth-order valence-electron chi connectivity index (χ4n) is 1.30. The van der Waals surface area contributed by atoms with Crippen LogP contribution in [0.5, 0.6) is 0 Å². The summed E-state index contributed by atoms with van der Waals surface area (Å²) in [5.74, 6) is 5.72. The van der Waals surface area contributed by atoms with E-state index in [4.69, 9.17) is 5.26 Å². The average molecular weight is 181 g/mol. The summed E-state index contributed by atoms with van der Waals surface area (Å²) in [7, 11) is 0. The van der Waals surface area contributed by atoms with E-state index in [1.165, 1.54) is 0 Å². The van der Waals surface area contributed by atoms with Crippen molar-refractivity contribution in [1.82, 2.24) is 10.2 Å². The third kappa shape index (κ3) is 1.22. The second-order valence-electron chi connectivity index (χ2n) is 2.82. The van der Waals surface area contributed by atoms with Gasteiger partial charge in [0, 0.05) is 5.39 Å². The maximum atomic E-state index is 8.69. The van der Waals surface area contributed by atoms with Crippen LogP contribution in [0.1, 0.15) is 18.2 Å². The highest BCUT2D eigenvalue weighted by Crippen LogP contribution is 2.16. The Hall–Kier alpha value is -2.26. The number of hydrogen-bond acceptors (Lipinski definition) is 2. The van der Waals surface area contributed by atoms with Crippen molar-refractivity contribution in [1.29, 1.82) is 5.26 Å². The lowest BCUT2D eigenvalue weighted by Crippen LogP contribution is -1.75. The Balaban J connectivity index is 2.71. The van der Waals surface area contributed by atoms with E-state index >= 15 is 0 Å². The van der Waals surface area contributed by atoms with Crippen molar-refractivity contribution in [3.8, 4) is 17.9 Å². The fourth-order valence-corrected chi connectivity index (χ4v) is 1.30. The van der Waals surface area contributed by atoms with E-state index in [-0.39, 0.29) is 0 Å². The summed E-state index contributed by atoms with van der Waals surface area (Å²) in [5, 5.41) is 16.5. The molecule has 0 saturated heterocycles. The molecule has 0 aliphatic heterocycles. The zero-order chi connectivity index (χ0) is 9.97. The molecule has 1 aromatic carbocycles. The summed E-state index contributed by atoms with van der Waals surface area (Å²) in [6.45, 7) is 1.77. The highest BCUT2D eigenvalue weighted by Gasteiger charge is 2.02. The van der Waals surface area contributed by atoms with Crippen molar-refractivity contribution in [2.24, 2.45) is 0 Å². The van der Waals surface area contributed by atoms with Gasteiger partial charge in [0.05, 0.1) is 17.1 Å². The number of aromatic nitrogens is 2. The molecule has 0 aliphatic rings. The lowest BCUT2D eigenvalue weighted by Gasteiger charge is -1.88. The Kier molecular flexibility index (Phi) is 1.93. The number of benzene rings is 1. The van der Waals surface area contributed by atoms with Crippen LogP contribution in [0.3, 0.4) is 0 Å². The summed E-state index contributed by atoms with van der Waals surface area (Å²) >= 11 is 0. The Morgan fingerprint density at radius 2 is 2.29 bits per heavy atom. The van der Waals surface area contributed by atoms with Gasteiger partial charge in [-0.1, -0.05) is 5.92 Å². The van der Waals surface area contributed by atoms with E-state index in [1.54, 1.807) is 19.1 Å². The Morgan fingerprint density at radius 1 is 1.43 bits per heavy atom. The largest absolute Gasteiger partial charge is 0.269 e. The lowest BCUT2D eigenvalue weighted by atomic mass is 10.1. The van der Waals surface area contributed by atoms with Crippen LogP contribution in [0.2, 0.25) is 0 Å². The van der Waals surface area contributed by atoms with Gasteiger partial charge in [0.15, 0.2) is 0 Å². The first-order valence-electron chi connectivity index (χ1n) is 4.16. The van der Waals surface area contributed by atoms with Crippen LogP contribution in [-0.4, -0.2) is 10.2 Å². The number of rotatable bonds is 0. The minimum Gasteiger partial charge on any atom is -0.269 e. The van der Waals surface area contributed by atoms with E-state index in [1.807, 2.05) is 6.07 Å². The summed E-state index contributed by atoms with van der Waals surface area (Å²) in [6, 6.07) is 7.43. The van der Waals surface area contributed by atoms with Crippen molar-refractivity contribution >= 4 is 10.9 Å². The van der Waals surface area contributed by atoms with Crippen LogP contribution in [0.4, 0.5) is 0 Å². The molecule has 0 saturated carbocycles. The van der Waals surface area contributed by atoms with E-state index in [0.717, 1.165) is 16.6 Å². The molecule has 0 radical (unpaired) electrons. The van der Waals surface area contributed by atoms with Crippen LogP contribution < -0.4 is 0 Å². The van der Waals surface area contributed by atoms with Crippen LogP contribution in [0.25, 0.3) is 10.9 Å². The number of H-pyrrole nitrogens is 1. The van der Waals surface area contributed by atoms with Crippen LogP contribution in [0, 0.1) is 23.2 Å². The van der Waals surface area contributed by atoms with Crippen molar-refractivity contribution in [2.75, 3.05) is 0 Å². The molecule has 0 fully saturated rings.